The largest absolute Gasteiger partial charge is 0.374 e. The van der Waals surface area contributed by atoms with Gasteiger partial charge >= 0.3 is 0 Å². The van der Waals surface area contributed by atoms with E-state index in [1.54, 1.807) is 0 Å². The van der Waals surface area contributed by atoms with Crippen molar-refractivity contribution in [1.82, 2.24) is 10.1 Å². The van der Waals surface area contributed by atoms with E-state index >= 15 is 0 Å². The zero-order chi connectivity index (χ0) is 12.4. The average Bonchev–Trinajstić information content (AvgIpc) is 3.02. The minimum atomic E-state index is 0.0743. The lowest BCUT2D eigenvalue weighted by molar-refractivity contribution is 0.126. The van der Waals surface area contributed by atoms with E-state index in [2.05, 4.69) is 27.6 Å². The summed E-state index contributed by atoms with van der Waals surface area (Å²) in [5.41, 5.74) is 2.43. The number of para-hydroxylation sites is 1. The fourth-order valence-electron chi connectivity index (χ4n) is 2.11. The van der Waals surface area contributed by atoms with Crippen LogP contribution in [0.1, 0.15) is 30.2 Å². The second kappa shape index (κ2) is 4.78. The average molecular weight is 245 g/mol. The summed E-state index contributed by atoms with van der Waals surface area (Å²) in [6, 6.07) is 8.30. The maximum Gasteiger partial charge on any atom is 0.249 e. The molecule has 1 aliphatic rings. The maximum atomic E-state index is 5.27. The summed E-state index contributed by atoms with van der Waals surface area (Å²) in [6.07, 6.45) is 0.881. The van der Waals surface area contributed by atoms with E-state index in [0.717, 1.165) is 12.1 Å². The van der Waals surface area contributed by atoms with Crippen molar-refractivity contribution >= 4 is 5.69 Å². The molecule has 94 valence electrons. The molecule has 3 rings (SSSR count). The van der Waals surface area contributed by atoms with Gasteiger partial charge in [0.25, 0.3) is 0 Å². The van der Waals surface area contributed by atoms with Crippen molar-refractivity contribution < 1.29 is 9.26 Å². The Hall–Kier alpha value is -1.88. The van der Waals surface area contributed by atoms with Gasteiger partial charge in [0.15, 0.2) is 5.82 Å². The van der Waals surface area contributed by atoms with Crippen LogP contribution in [0.25, 0.3) is 0 Å². The Kier molecular flexibility index (Phi) is 2.98. The van der Waals surface area contributed by atoms with Crippen LogP contribution in [-0.4, -0.2) is 16.7 Å². The summed E-state index contributed by atoms with van der Waals surface area (Å²) in [5.74, 6) is 1.23. The van der Waals surface area contributed by atoms with Gasteiger partial charge in [-0.2, -0.15) is 4.98 Å². The van der Waals surface area contributed by atoms with Gasteiger partial charge in [0, 0.05) is 18.7 Å². The lowest BCUT2D eigenvalue weighted by atomic mass is 10.1. The minimum Gasteiger partial charge on any atom is -0.374 e. The first-order valence-electron chi connectivity index (χ1n) is 6.11. The summed E-state index contributed by atoms with van der Waals surface area (Å²) in [6.45, 7) is 2.99. The molecule has 1 aliphatic heterocycles. The number of nitrogens with one attached hydrogen (secondary N) is 1. The maximum absolute atomic E-state index is 5.27. The zero-order valence-electron chi connectivity index (χ0n) is 10.2. The van der Waals surface area contributed by atoms with Crippen molar-refractivity contribution in [2.75, 3.05) is 11.9 Å². The molecule has 0 fully saturated rings. The number of rotatable bonds is 4. The molecule has 1 aromatic heterocycles. The monoisotopic (exact) mass is 245 g/mol. The van der Waals surface area contributed by atoms with Gasteiger partial charge in [-0.1, -0.05) is 23.4 Å². The third kappa shape index (κ3) is 2.09. The highest BCUT2D eigenvalue weighted by molar-refractivity contribution is 5.56. The molecule has 2 aromatic rings. The van der Waals surface area contributed by atoms with E-state index in [-0.39, 0.29) is 6.04 Å². The number of fused-ring (bicyclic) bond motifs is 1. The van der Waals surface area contributed by atoms with Gasteiger partial charge in [-0.15, -0.1) is 0 Å². The lowest BCUT2D eigenvalue weighted by Crippen LogP contribution is -2.06. The molecule has 18 heavy (non-hydrogen) atoms. The number of aromatic nitrogens is 2. The SMILES string of the molecule is CCOCc1noc(C2Cc3ccccc3N2)n1. The summed E-state index contributed by atoms with van der Waals surface area (Å²) in [5, 5.41) is 7.29. The molecule has 0 radical (unpaired) electrons. The third-order valence-corrected chi connectivity index (χ3v) is 2.99. The van der Waals surface area contributed by atoms with Crippen molar-refractivity contribution in [2.24, 2.45) is 0 Å². The Morgan fingerprint density at radius 3 is 3.17 bits per heavy atom. The van der Waals surface area contributed by atoms with Crippen LogP contribution in [0.15, 0.2) is 28.8 Å². The predicted molar refractivity (Wildman–Crippen MR) is 66.1 cm³/mol. The van der Waals surface area contributed by atoms with Gasteiger partial charge in [-0.3, -0.25) is 0 Å². The molecule has 0 amide bonds. The Morgan fingerprint density at radius 1 is 1.44 bits per heavy atom. The number of benzene rings is 1. The fraction of sp³-hybridized carbons (Fsp3) is 0.385. The van der Waals surface area contributed by atoms with E-state index in [4.69, 9.17) is 9.26 Å². The van der Waals surface area contributed by atoms with Crippen LogP contribution in [0.3, 0.4) is 0 Å². The molecule has 2 heterocycles. The van der Waals surface area contributed by atoms with Gasteiger partial charge in [-0.25, -0.2) is 0 Å². The van der Waals surface area contributed by atoms with Crippen LogP contribution in [0.2, 0.25) is 0 Å². The smallest absolute Gasteiger partial charge is 0.249 e. The summed E-state index contributed by atoms with van der Waals surface area (Å²) >= 11 is 0. The zero-order valence-corrected chi connectivity index (χ0v) is 10.2. The van der Waals surface area contributed by atoms with E-state index in [9.17, 15) is 0 Å². The van der Waals surface area contributed by atoms with E-state index in [0.29, 0.717) is 24.9 Å². The van der Waals surface area contributed by atoms with Crippen molar-refractivity contribution in [1.29, 1.82) is 0 Å². The first kappa shape index (κ1) is 11.2. The summed E-state index contributed by atoms with van der Waals surface area (Å²) < 4.78 is 10.5. The van der Waals surface area contributed by atoms with E-state index in [1.165, 1.54) is 5.56 Å². The minimum absolute atomic E-state index is 0.0743. The molecule has 5 nitrogen and oxygen atoms in total. The van der Waals surface area contributed by atoms with E-state index < -0.39 is 0 Å². The number of nitrogens with zero attached hydrogens (tertiary/aromatic N) is 2. The van der Waals surface area contributed by atoms with Crippen LogP contribution >= 0.6 is 0 Å². The Balaban J connectivity index is 1.72. The topological polar surface area (TPSA) is 60.2 Å². The second-order valence-electron chi connectivity index (χ2n) is 4.24. The standard InChI is InChI=1S/C13H15N3O2/c1-2-17-8-12-15-13(18-16-12)11-7-9-5-3-4-6-10(9)14-11/h3-6,11,14H,2,7-8H2,1H3. The Bertz CT molecular complexity index is 514. The molecule has 1 unspecified atom stereocenters. The Morgan fingerprint density at radius 2 is 2.33 bits per heavy atom. The molecule has 0 spiro atoms. The van der Waals surface area contributed by atoms with Crippen molar-refractivity contribution in [2.45, 2.75) is 26.0 Å². The van der Waals surface area contributed by atoms with Gasteiger partial charge < -0.3 is 14.6 Å². The molecule has 1 atom stereocenters. The molecular formula is C13H15N3O2. The van der Waals surface area contributed by atoms with Crippen LogP contribution < -0.4 is 5.32 Å². The molecule has 0 aliphatic carbocycles. The van der Waals surface area contributed by atoms with Gasteiger partial charge in [0.05, 0.1) is 0 Å². The van der Waals surface area contributed by atoms with Crippen molar-refractivity contribution in [3.05, 3.63) is 41.5 Å². The lowest BCUT2D eigenvalue weighted by Gasteiger charge is -2.04. The predicted octanol–water partition coefficient (Wildman–Crippen LogP) is 2.32. The third-order valence-electron chi connectivity index (χ3n) is 2.99. The van der Waals surface area contributed by atoms with Crippen LogP contribution in [-0.2, 0) is 17.8 Å². The van der Waals surface area contributed by atoms with E-state index in [1.807, 2.05) is 19.1 Å². The fourth-order valence-corrected chi connectivity index (χ4v) is 2.11. The molecule has 1 N–H and O–H groups in total. The quantitative estimate of drug-likeness (QED) is 0.895. The molecular weight excluding hydrogens is 230 g/mol. The molecule has 1 aromatic carbocycles. The molecule has 0 bridgehead atoms. The highest BCUT2D eigenvalue weighted by Gasteiger charge is 2.26. The number of ether oxygens (including phenoxy) is 1. The van der Waals surface area contributed by atoms with Crippen molar-refractivity contribution in [3.8, 4) is 0 Å². The molecule has 0 saturated heterocycles. The van der Waals surface area contributed by atoms with Crippen LogP contribution in [0.5, 0.6) is 0 Å². The highest BCUT2D eigenvalue weighted by atomic mass is 16.5. The normalized spacial score (nSPS) is 17.5. The molecule has 0 saturated carbocycles. The first-order valence-corrected chi connectivity index (χ1v) is 6.11. The summed E-state index contributed by atoms with van der Waals surface area (Å²) in [7, 11) is 0. The highest BCUT2D eigenvalue weighted by Crippen LogP contribution is 2.32. The van der Waals surface area contributed by atoms with Gasteiger partial charge in [0.2, 0.25) is 5.89 Å². The number of hydrogen-bond acceptors (Lipinski definition) is 5. The summed E-state index contributed by atoms with van der Waals surface area (Å²) in [4.78, 5) is 4.35. The number of hydrogen-bond donors (Lipinski definition) is 1. The van der Waals surface area contributed by atoms with Crippen LogP contribution in [0.4, 0.5) is 5.69 Å². The first-order chi connectivity index (χ1) is 8.86. The molecule has 5 heteroatoms. The van der Waals surface area contributed by atoms with Crippen molar-refractivity contribution in [3.63, 3.8) is 0 Å². The van der Waals surface area contributed by atoms with Gasteiger partial charge in [0.1, 0.15) is 12.6 Å². The van der Waals surface area contributed by atoms with Gasteiger partial charge in [-0.05, 0) is 18.6 Å². The number of anilines is 1. The second-order valence-corrected chi connectivity index (χ2v) is 4.24. The van der Waals surface area contributed by atoms with Crippen LogP contribution in [0, 0.1) is 0 Å². The Labute approximate surface area is 105 Å².